The van der Waals surface area contributed by atoms with E-state index in [-0.39, 0.29) is 5.82 Å². The summed E-state index contributed by atoms with van der Waals surface area (Å²) in [5.74, 6) is 0.232. The Morgan fingerprint density at radius 1 is 1.50 bits per heavy atom. The van der Waals surface area contributed by atoms with Crippen molar-refractivity contribution >= 4 is 34.8 Å². The summed E-state index contributed by atoms with van der Waals surface area (Å²) in [6.07, 6.45) is 0. The highest BCUT2D eigenvalue weighted by Crippen LogP contribution is 2.24. The number of benzene rings is 1. The van der Waals surface area contributed by atoms with Crippen molar-refractivity contribution in [2.75, 3.05) is 0 Å². The van der Waals surface area contributed by atoms with E-state index in [1.807, 2.05) is 6.92 Å². The van der Waals surface area contributed by atoms with E-state index in [4.69, 9.17) is 12.2 Å². The average Bonchev–Trinajstić information content (AvgIpc) is 2.51. The first kappa shape index (κ1) is 11.7. The fourth-order valence-corrected chi connectivity index (χ4v) is 2.14. The molecule has 0 amide bonds. The summed E-state index contributed by atoms with van der Waals surface area (Å²) >= 11 is 7.08. The van der Waals surface area contributed by atoms with Crippen LogP contribution in [-0.2, 0) is 7.05 Å². The van der Waals surface area contributed by atoms with Gasteiger partial charge in [-0.15, -0.1) is 0 Å². The van der Waals surface area contributed by atoms with E-state index >= 15 is 0 Å². The zero-order valence-electron chi connectivity index (χ0n) is 8.71. The smallest absolute Gasteiger partial charge is 0.213 e. The largest absolute Gasteiger partial charge is 0.271 e. The van der Waals surface area contributed by atoms with Crippen LogP contribution in [0.3, 0.4) is 0 Å². The van der Waals surface area contributed by atoms with Gasteiger partial charge in [0.1, 0.15) is 5.82 Å². The SMILES string of the molecule is Cc1cc(F)c(-c2nc(=S)[nH]n2C)cc1I. The standard InChI is InChI=1S/C10H9FIN3S/c1-5-3-7(11)6(4-8(5)12)9-13-10(16)14-15(9)2/h3-4H,1-2H3,(H,14,16). The molecule has 0 bridgehead atoms. The molecule has 0 fully saturated rings. The molecule has 2 aromatic rings. The monoisotopic (exact) mass is 349 g/mol. The van der Waals surface area contributed by atoms with Crippen LogP contribution < -0.4 is 0 Å². The van der Waals surface area contributed by atoms with Crippen LogP contribution in [0, 0.1) is 21.1 Å². The van der Waals surface area contributed by atoms with Gasteiger partial charge in [0, 0.05) is 10.6 Å². The predicted octanol–water partition coefficient (Wildman–Crippen LogP) is 3.20. The number of hydrogen-bond acceptors (Lipinski definition) is 2. The Bertz CT molecular complexity index is 603. The van der Waals surface area contributed by atoms with Crippen LogP contribution in [0.25, 0.3) is 11.4 Å². The molecule has 0 saturated heterocycles. The van der Waals surface area contributed by atoms with Gasteiger partial charge in [-0.1, -0.05) is 0 Å². The highest BCUT2D eigenvalue weighted by atomic mass is 127. The second-order valence-corrected chi connectivity index (χ2v) is 5.04. The molecule has 0 aliphatic heterocycles. The van der Waals surface area contributed by atoms with Crippen molar-refractivity contribution in [1.82, 2.24) is 14.8 Å². The van der Waals surface area contributed by atoms with Gasteiger partial charge in [0.05, 0.1) is 5.56 Å². The van der Waals surface area contributed by atoms with Gasteiger partial charge in [-0.25, -0.2) is 4.39 Å². The molecule has 0 aliphatic rings. The van der Waals surface area contributed by atoms with Crippen LogP contribution in [0.15, 0.2) is 12.1 Å². The molecule has 0 spiro atoms. The number of rotatable bonds is 1. The Kier molecular flexibility index (Phi) is 3.11. The molecule has 0 unspecified atom stereocenters. The Morgan fingerprint density at radius 2 is 2.19 bits per heavy atom. The van der Waals surface area contributed by atoms with Crippen LogP contribution in [0.5, 0.6) is 0 Å². The van der Waals surface area contributed by atoms with Crippen molar-refractivity contribution in [3.8, 4) is 11.4 Å². The van der Waals surface area contributed by atoms with Gasteiger partial charge in [-0.3, -0.25) is 9.78 Å². The number of aromatic nitrogens is 3. The Hall–Kier alpha value is -0.760. The summed E-state index contributed by atoms with van der Waals surface area (Å²) in [4.78, 5) is 4.09. The minimum atomic E-state index is -0.282. The number of aromatic amines is 1. The summed E-state index contributed by atoms with van der Waals surface area (Å²) in [5.41, 5.74) is 1.38. The first-order valence-electron chi connectivity index (χ1n) is 4.58. The molecular weight excluding hydrogens is 340 g/mol. The number of hydrogen-bond donors (Lipinski definition) is 1. The van der Waals surface area contributed by atoms with Gasteiger partial charge in [-0.05, 0) is 59.4 Å². The predicted molar refractivity (Wildman–Crippen MR) is 71.2 cm³/mol. The first-order valence-corrected chi connectivity index (χ1v) is 6.07. The lowest BCUT2D eigenvalue weighted by atomic mass is 10.1. The van der Waals surface area contributed by atoms with E-state index < -0.39 is 0 Å². The number of nitrogens with zero attached hydrogens (tertiary/aromatic N) is 2. The van der Waals surface area contributed by atoms with E-state index in [0.29, 0.717) is 16.2 Å². The van der Waals surface area contributed by atoms with Gasteiger partial charge in [-0.2, -0.15) is 4.98 Å². The molecule has 1 aromatic heterocycles. The lowest BCUT2D eigenvalue weighted by Gasteiger charge is -2.05. The van der Waals surface area contributed by atoms with Crippen molar-refractivity contribution in [1.29, 1.82) is 0 Å². The second kappa shape index (κ2) is 4.25. The van der Waals surface area contributed by atoms with Crippen molar-refractivity contribution in [2.45, 2.75) is 6.92 Å². The molecule has 2 rings (SSSR count). The Labute approximate surface area is 111 Å². The normalized spacial score (nSPS) is 10.8. The van der Waals surface area contributed by atoms with Crippen LogP contribution in [0.1, 0.15) is 5.56 Å². The second-order valence-electron chi connectivity index (χ2n) is 3.49. The number of halogens is 2. The van der Waals surface area contributed by atoms with E-state index in [0.717, 1.165) is 9.13 Å². The zero-order chi connectivity index (χ0) is 11.9. The quantitative estimate of drug-likeness (QED) is 0.634. The topological polar surface area (TPSA) is 33.6 Å². The number of aryl methyl sites for hydroxylation is 2. The average molecular weight is 349 g/mol. The lowest BCUT2D eigenvalue weighted by molar-refractivity contribution is 0.625. The fourth-order valence-electron chi connectivity index (χ4n) is 1.45. The van der Waals surface area contributed by atoms with Crippen LogP contribution in [0.4, 0.5) is 4.39 Å². The number of H-pyrrole nitrogens is 1. The van der Waals surface area contributed by atoms with Gasteiger partial charge in [0.15, 0.2) is 5.82 Å². The zero-order valence-corrected chi connectivity index (χ0v) is 11.7. The van der Waals surface area contributed by atoms with Gasteiger partial charge >= 0.3 is 0 Å². The van der Waals surface area contributed by atoms with E-state index in [2.05, 4.69) is 32.7 Å². The minimum absolute atomic E-state index is 0.282. The maximum absolute atomic E-state index is 13.8. The summed E-state index contributed by atoms with van der Waals surface area (Å²) in [6, 6.07) is 3.28. The van der Waals surface area contributed by atoms with Crippen LogP contribution in [-0.4, -0.2) is 14.8 Å². The van der Waals surface area contributed by atoms with Gasteiger partial charge in [0.25, 0.3) is 0 Å². The molecule has 1 heterocycles. The maximum atomic E-state index is 13.8. The maximum Gasteiger partial charge on any atom is 0.213 e. The van der Waals surface area contributed by atoms with Crippen LogP contribution >= 0.6 is 34.8 Å². The van der Waals surface area contributed by atoms with Crippen molar-refractivity contribution < 1.29 is 4.39 Å². The molecule has 0 radical (unpaired) electrons. The Balaban J connectivity index is 2.69. The molecule has 0 aliphatic carbocycles. The molecule has 6 heteroatoms. The Morgan fingerprint density at radius 3 is 2.75 bits per heavy atom. The third-order valence-corrected chi connectivity index (χ3v) is 3.62. The third-order valence-electron chi connectivity index (χ3n) is 2.28. The minimum Gasteiger partial charge on any atom is -0.271 e. The molecule has 0 saturated carbocycles. The van der Waals surface area contributed by atoms with Crippen molar-refractivity contribution in [3.05, 3.63) is 31.9 Å². The molecule has 1 N–H and O–H groups in total. The summed E-state index contributed by atoms with van der Waals surface area (Å²) < 4.78 is 16.8. The highest BCUT2D eigenvalue weighted by molar-refractivity contribution is 14.1. The number of nitrogens with one attached hydrogen (secondary N) is 1. The summed E-state index contributed by atoms with van der Waals surface area (Å²) in [5, 5.41) is 2.82. The fraction of sp³-hybridized carbons (Fsp3) is 0.200. The van der Waals surface area contributed by atoms with E-state index in [9.17, 15) is 4.39 Å². The van der Waals surface area contributed by atoms with E-state index in [1.54, 1.807) is 17.8 Å². The molecular formula is C10H9FIN3S. The van der Waals surface area contributed by atoms with Crippen molar-refractivity contribution in [3.63, 3.8) is 0 Å². The van der Waals surface area contributed by atoms with E-state index in [1.165, 1.54) is 6.07 Å². The lowest BCUT2D eigenvalue weighted by Crippen LogP contribution is -1.98. The molecule has 16 heavy (non-hydrogen) atoms. The van der Waals surface area contributed by atoms with Crippen LogP contribution in [0.2, 0.25) is 0 Å². The van der Waals surface area contributed by atoms with Crippen molar-refractivity contribution in [2.24, 2.45) is 7.05 Å². The summed E-state index contributed by atoms with van der Waals surface area (Å²) in [7, 11) is 1.75. The van der Waals surface area contributed by atoms with Gasteiger partial charge < -0.3 is 0 Å². The van der Waals surface area contributed by atoms with Gasteiger partial charge in [0.2, 0.25) is 4.77 Å². The highest BCUT2D eigenvalue weighted by Gasteiger charge is 2.12. The third kappa shape index (κ3) is 2.03. The molecule has 84 valence electrons. The summed E-state index contributed by atoms with van der Waals surface area (Å²) in [6.45, 7) is 1.87. The molecule has 1 aromatic carbocycles. The molecule has 0 atom stereocenters. The molecule has 3 nitrogen and oxygen atoms in total. The first-order chi connectivity index (χ1) is 7.49.